The van der Waals surface area contributed by atoms with Gasteiger partial charge in [0.25, 0.3) is 0 Å². The largest absolute Gasteiger partial charge is 0.378 e. The molecule has 0 aliphatic carbocycles. The number of hydrogen-bond acceptors (Lipinski definition) is 5. The number of ether oxygens (including phenoxy) is 1. The lowest BCUT2D eigenvalue weighted by atomic mass is 10.2. The van der Waals surface area contributed by atoms with Gasteiger partial charge in [-0.05, 0) is 12.1 Å². The van der Waals surface area contributed by atoms with Crippen molar-refractivity contribution in [3.63, 3.8) is 0 Å². The van der Waals surface area contributed by atoms with Gasteiger partial charge < -0.3 is 15.0 Å². The Morgan fingerprint density at radius 2 is 2.00 bits per heavy atom. The third-order valence-electron chi connectivity index (χ3n) is 3.61. The molecule has 0 spiro atoms. The summed E-state index contributed by atoms with van der Waals surface area (Å²) >= 11 is 0. The molecular weight excluding hydrogens is 283 g/mol. The predicted molar refractivity (Wildman–Crippen MR) is 83.2 cm³/mol. The highest BCUT2D eigenvalue weighted by Gasteiger charge is 2.16. The Morgan fingerprint density at radius 1 is 1.23 bits per heavy atom. The number of halogens is 1. The van der Waals surface area contributed by atoms with Crippen molar-refractivity contribution in [3.8, 4) is 11.4 Å². The number of piperazine rings is 1. The van der Waals surface area contributed by atoms with Gasteiger partial charge in [0.15, 0.2) is 5.82 Å². The van der Waals surface area contributed by atoms with Crippen LogP contribution in [0, 0.1) is 5.82 Å². The van der Waals surface area contributed by atoms with Crippen molar-refractivity contribution in [1.82, 2.24) is 15.3 Å². The molecule has 1 aromatic carbocycles. The molecule has 0 atom stereocenters. The monoisotopic (exact) mass is 302 g/mol. The molecule has 1 aliphatic rings. The zero-order valence-electron chi connectivity index (χ0n) is 12.6. The Balaban J connectivity index is 2.02. The first-order valence-electron chi connectivity index (χ1n) is 7.35. The molecule has 1 saturated heterocycles. The molecule has 6 heteroatoms. The third-order valence-corrected chi connectivity index (χ3v) is 3.61. The molecule has 3 rings (SSSR count). The van der Waals surface area contributed by atoms with Crippen LogP contribution in [0.5, 0.6) is 0 Å². The molecule has 0 unspecified atom stereocenters. The average molecular weight is 302 g/mol. The second-order valence-electron chi connectivity index (χ2n) is 5.19. The fourth-order valence-corrected chi connectivity index (χ4v) is 2.52. The average Bonchev–Trinajstić information content (AvgIpc) is 2.56. The lowest BCUT2D eigenvalue weighted by Gasteiger charge is -2.28. The summed E-state index contributed by atoms with van der Waals surface area (Å²) < 4.78 is 19.2. The van der Waals surface area contributed by atoms with E-state index in [2.05, 4.69) is 20.2 Å². The molecule has 5 nitrogen and oxygen atoms in total. The lowest BCUT2D eigenvalue weighted by molar-refractivity contribution is 0.181. The van der Waals surface area contributed by atoms with Crippen molar-refractivity contribution in [2.75, 3.05) is 38.2 Å². The van der Waals surface area contributed by atoms with E-state index in [1.807, 2.05) is 6.07 Å². The maximum Gasteiger partial charge on any atom is 0.164 e. The van der Waals surface area contributed by atoms with E-state index in [-0.39, 0.29) is 5.82 Å². The van der Waals surface area contributed by atoms with Crippen molar-refractivity contribution in [2.45, 2.75) is 6.61 Å². The Morgan fingerprint density at radius 3 is 2.73 bits per heavy atom. The Hall–Kier alpha value is -2.05. The fraction of sp³-hybridized carbons (Fsp3) is 0.375. The van der Waals surface area contributed by atoms with Crippen LogP contribution >= 0.6 is 0 Å². The van der Waals surface area contributed by atoms with Crippen LogP contribution in [0.15, 0.2) is 30.3 Å². The van der Waals surface area contributed by atoms with Gasteiger partial charge in [0, 0.05) is 39.4 Å². The molecule has 0 bridgehead atoms. The summed E-state index contributed by atoms with van der Waals surface area (Å²) in [5, 5.41) is 3.31. The Bertz CT molecular complexity index is 644. The van der Waals surface area contributed by atoms with Gasteiger partial charge >= 0.3 is 0 Å². The van der Waals surface area contributed by atoms with Gasteiger partial charge in [0.2, 0.25) is 0 Å². The van der Waals surface area contributed by atoms with Crippen LogP contribution in [0.25, 0.3) is 11.4 Å². The van der Waals surface area contributed by atoms with E-state index in [0.717, 1.165) is 37.7 Å². The quantitative estimate of drug-likeness (QED) is 0.934. The number of hydrogen-bond donors (Lipinski definition) is 1. The second kappa shape index (κ2) is 6.81. The van der Waals surface area contributed by atoms with Crippen LogP contribution in [0.2, 0.25) is 0 Å². The van der Waals surface area contributed by atoms with Gasteiger partial charge in [0.1, 0.15) is 11.6 Å². The minimum Gasteiger partial charge on any atom is -0.378 e. The molecule has 2 heterocycles. The van der Waals surface area contributed by atoms with Crippen LogP contribution < -0.4 is 10.2 Å². The van der Waals surface area contributed by atoms with Gasteiger partial charge in [-0.15, -0.1) is 0 Å². The van der Waals surface area contributed by atoms with E-state index < -0.39 is 0 Å². The van der Waals surface area contributed by atoms with Crippen molar-refractivity contribution in [1.29, 1.82) is 0 Å². The first-order chi connectivity index (χ1) is 10.8. The first-order valence-corrected chi connectivity index (χ1v) is 7.35. The highest BCUT2D eigenvalue weighted by Crippen LogP contribution is 2.23. The smallest absolute Gasteiger partial charge is 0.164 e. The van der Waals surface area contributed by atoms with Crippen molar-refractivity contribution in [2.24, 2.45) is 0 Å². The van der Waals surface area contributed by atoms with Crippen LogP contribution in [-0.4, -0.2) is 43.3 Å². The standard InChI is InChI=1S/C16H19FN4O/c1-22-11-12-10-15(21-8-6-18-7-9-21)20-16(19-12)13-4-2-3-5-14(13)17/h2-5,10,18H,6-9,11H2,1H3. The molecular formula is C16H19FN4O. The summed E-state index contributed by atoms with van der Waals surface area (Å²) in [6.07, 6.45) is 0. The van der Waals surface area contributed by atoms with E-state index in [4.69, 9.17) is 4.74 Å². The summed E-state index contributed by atoms with van der Waals surface area (Å²) in [5.74, 6) is 0.909. The lowest BCUT2D eigenvalue weighted by Crippen LogP contribution is -2.44. The highest BCUT2D eigenvalue weighted by molar-refractivity contribution is 5.58. The maximum atomic E-state index is 14.0. The van der Waals surface area contributed by atoms with Crippen LogP contribution in [-0.2, 0) is 11.3 Å². The second-order valence-corrected chi connectivity index (χ2v) is 5.19. The number of benzene rings is 1. The molecule has 1 fully saturated rings. The van der Waals surface area contributed by atoms with Crippen molar-refractivity contribution < 1.29 is 9.13 Å². The number of nitrogens with one attached hydrogen (secondary N) is 1. The number of anilines is 1. The summed E-state index contributed by atoms with van der Waals surface area (Å²) in [5.41, 5.74) is 1.17. The number of methoxy groups -OCH3 is 1. The zero-order valence-corrected chi connectivity index (χ0v) is 12.6. The normalized spacial score (nSPS) is 15.1. The maximum absolute atomic E-state index is 14.0. The van der Waals surface area contributed by atoms with Crippen LogP contribution in [0.4, 0.5) is 10.2 Å². The molecule has 0 amide bonds. The van der Waals surface area contributed by atoms with Crippen LogP contribution in [0.3, 0.4) is 0 Å². The highest BCUT2D eigenvalue weighted by atomic mass is 19.1. The number of aromatic nitrogens is 2. The third kappa shape index (κ3) is 3.23. The van der Waals surface area contributed by atoms with Gasteiger partial charge in [-0.25, -0.2) is 14.4 Å². The number of nitrogens with zero attached hydrogens (tertiary/aromatic N) is 3. The van der Waals surface area contributed by atoms with Gasteiger partial charge in [0.05, 0.1) is 17.9 Å². The minimum atomic E-state index is -0.316. The summed E-state index contributed by atoms with van der Waals surface area (Å²) in [7, 11) is 1.62. The molecule has 116 valence electrons. The molecule has 0 radical (unpaired) electrons. The molecule has 2 aromatic rings. The van der Waals surface area contributed by atoms with E-state index in [9.17, 15) is 4.39 Å². The zero-order chi connectivity index (χ0) is 15.4. The summed E-state index contributed by atoms with van der Waals surface area (Å²) in [6.45, 7) is 3.96. The van der Waals surface area contributed by atoms with E-state index in [1.54, 1.807) is 25.3 Å². The van der Waals surface area contributed by atoms with E-state index >= 15 is 0 Å². The Kier molecular flexibility index (Phi) is 4.60. The molecule has 1 aliphatic heterocycles. The van der Waals surface area contributed by atoms with Gasteiger partial charge in [-0.1, -0.05) is 12.1 Å². The molecule has 1 N–H and O–H groups in total. The topological polar surface area (TPSA) is 50.3 Å². The SMILES string of the molecule is COCc1cc(N2CCNCC2)nc(-c2ccccc2F)n1. The summed E-state index contributed by atoms with van der Waals surface area (Å²) in [4.78, 5) is 11.2. The Labute approximate surface area is 129 Å². The van der Waals surface area contributed by atoms with Crippen LogP contribution in [0.1, 0.15) is 5.69 Å². The minimum absolute atomic E-state index is 0.316. The molecule has 0 saturated carbocycles. The first kappa shape index (κ1) is 14.9. The van der Waals surface area contributed by atoms with Crippen molar-refractivity contribution in [3.05, 3.63) is 41.8 Å². The van der Waals surface area contributed by atoms with Gasteiger partial charge in [-0.3, -0.25) is 0 Å². The predicted octanol–water partition coefficient (Wildman–Crippen LogP) is 1.84. The number of rotatable bonds is 4. The summed E-state index contributed by atoms with van der Waals surface area (Å²) in [6, 6.07) is 8.48. The fourth-order valence-electron chi connectivity index (χ4n) is 2.52. The van der Waals surface area contributed by atoms with Gasteiger partial charge in [-0.2, -0.15) is 0 Å². The molecule has 22 heavy (non-hydrogen) atoms. The van der Waals surface area contributed by atoms with E-state index in [1.165, 1.54) is 6.07 Å². The van der Waals surface area contributed by atoms with Crippen molar-refractivity contribution >= 4 is 5.82 Å². The van der Waals surface area contributed by atoms with E-state index in [0.29, 0.717) is 18.0 Å². The molecule has 1 aromatic heterocycles.